The van der Waals surface area contributed by atoms with E-state index in [0.717, 1.165) is 0 Å². The summed E-state index contributed by atoms with van der Waals surface area (Å²) in [7, 11) is 3.07. The van der Waals surface area contributed by atoms with Crippen molar-refractivity contribution in [2.24, 2.45) is 4.99 Å². The maximum absolute atomic E-state index is 13.8. The van der Waals surface area contributed by atoms with E-state index < -0.39 is 12.0 Å². The molecule has 1 aliphatic heterocycles. The Bertz CT molecular complexity index is 1560. The Morgan fingerprint density at radius 2 is 1.81 bits per heavy atom. The SMILES string of the molecule is CCOC(=O)C1=C(C)N=c2s/c(=C\c3cc(Cl)ccc3OCC)c(=O)n2[C@H]1c1ccc(OC)c(OC)c1. The zero-order valence-electron chi connectivity index (χ0n) is 21.2. The number of thiazole rings is 1. The smallest absolute Gasteiger partial charge is 0.338 e. The van der Waals surface area contributed by atoms with Crippen LogP contribution in [0, 0.1) is 0 Å². The summed E-state index contributed by atoms with van der Waals surface area (Å²) in [6.07, 6.45) is 1.73. The normalized spacial score (nSPS) is 15.2. The molecule has 0 spiro atoms. The first-order valence-corrected chi connectivity index (χ1v) is 12.9. The summed E-state index contributed by atoms with van der Waals surface area (Å²) in [5.74, 6) is 1.07. The zero-order valence-corrected chi connectivity index (χ0v) is 22.7. The lowest BCUT2D eigenvalue weighted by Crippen LogP contribution is -2.40. The van der Waals surface area contributed by atoms with Crippen molar-refractivity contribution in [2.45, 2.75) is 26.8 Å². The number of hydrogen-bond acceptors (Lipinski definition) is 8. The van der Waals surface area contributed by atoms with E-state index >= 15 is 0 Å². The highest BCUT2D eigenvalue weighted by molar-refractivity contribution is 7.07. The fourth-order valence-corrected chi connectivity index (χ4v) is 5.41. The van der Waals surface area contributed by atoms with Gasteiger partial charge >= 0.3 is 5.97 Å². The number of fused-ring (bicyclic) bond motifs is 1. The molecule has 4 rings (SSSR count). The van der Waals surface area contributed by atoms with Gasteiger partial charge in [-0.1, -0.05) is 29.0 Å². The van der Waals surface area contributed by atoms with Gasteiger partial charge in [0.25, 0.3) is 5.56 Å². The number of halogens is 1. The van der Waals surface area contributed by atoms with Gasteiger partial charge in [-0.15, -0.1) is 0 Å². The van der Waals surface area contributed by atoms with Crippen LogP contribution in [0.4, 0.5) is 0 Å². The second-order valence-corrected chi connectivity index (χ2v) is 9.48. The van der Waals surface area contributed by atoms with E-state index in [-0.39, 0.29) is 17.7 Å². The van der Waals surface area contributed by atoms with Gasteiger partial charge in [-0.05, 0) is 62.7 Å². The first-order chi connectivity index (χ1) is 17.8. The van der Waals surface area contributed by atoms with Crippen molar-refractivity contribution in [1.82, 2.24) is 4.57 Å². The van der Waals surface area contributed by atoms with Crippen LogP contribution in [0.15, 0.2) is 57.5 Å². The quantitative estimate of drug-likeness (QED) is 0.402. The Labute approximate surface area is 223 Å². The first kappa shape index (κ1) is 26.5. The number of methoxy groups -OCH3 is 2. The van der Waals surface area contributed by atoms with Gasteiger partial charge in [-0.3, -0.25) is 9.36 Å². The summed E-state index contributed by atoms with van der Waals surface area (Å²) >= 11 is 7.45. The molecule has 194 valence electrons. The number of allylic oxidation sites excluding steroid dienone is 1. The van der Waals surface area contributed by atoms with Crippen LogP contribution in [0.25, 0.3) is 6.08 Å². The van der Waals surface area contributed by atoms with E-state index in [1.165, 1.54) is 23.0 Å². The molecule has 3 aromatic rings. The van der Waals surface area contributed by atoms with Gasteiger partial charge in [0.2, 0.25) is 0 Å². The van der Waals surface area contributed by atoms with Crippen LogP contribution in [0.5, 0.6) is 17.2 Å². The largest absolute Gasteiger partial charge is 0.493 e. The summed E-state index contributed by atoms with van der Waals surface area (Å²) in [5, 5.41) is 0.520. The molecule has 2 aromatic carbocycles. The third-order valence-corrected chi connectivity index (χ3v) is 7.02. The van der Waals surface area contributed by atoms with Gasteiger partial charge in [0.05, 0.1) is 49.3 Å². The molecular weight excluding hydrogens is 516 g/mol. The molecule has 2 heterocycles. The third kappa shape index (κ3) is 5.14. The van der Waals surface area contributed by atoms with Crippen LogP contribution >= 0.6 is 22.9 Å². The van der Waals surface area contributed by atoms with E-state index in [9.17, 15) is 9.59 Å². The Morgan fingerprint density at radius 1 is 1.08 bits per heavy atom. The summed E-state index contributed by atoms with van der Waals surface area (Å²) in [6, 6.07) is 9.76. The van der Waals surface area contributed by atoms with Crippen LogP contribution in [-0.4, -0.2) is 38.0 Å². The van der Waals surface area contributed by atoms with Crippen molar-refractivity contribution in [3.05, 3.63) is 83.5 Å². The molecule has 0 saturated carbocycles. The molecule has 37 heavy (non-hydrogen) atoms. The average molecular weight is 543 g/mol. The minimum atomic E-state index is -0.775. The molecule has 0 amide bonds. The van der Waals surface area contributed by atoms with Crippen molar-refractivity contribution in [2.75, 3.05) is 27.4 Å². The Balaban J connectivity index is 1.98. The van der Waals surface area contributed by atoms with E-state index in [0.29, 0.717) is 55.0 Å². The molecule has 0 fully saturated rings. The number of carbonyl (C=O) groups is 1. The van der Waals surface area contributed by atoms with E-state index in [1.807, 2.05) is 6.92 Å². The molecule has 0 unspecified atom stereocenters. The number of rotatable bonds is 8. The van der Waals surface area contributed by atoms with Crippen molar-refractivity contribution < 1.29 is 23.7 Å². The van der Waals surface area contributed by atoms with E-state index in [1.54, 1.807) is 63.4 Å². The summed E-state index contributed by atoms with van der Waals surface area (Å²) in [5.41, 5.74) is 1.78. The predicted molar refractivity (Wildman–Crippen MR) is 143 cm³/mol. The number of hydrogen-bond donors (Lipinski definition) is 0. The van der Waals surface area contributed by atoms with Crippen LogP contribution in [0.2, 0.25) is 5.02 Å². The summed E-state index contributed by atoms with van der Waals surface area (Å²) in [6.45, 7) is 6.00. The Morgan fingerprint density at radius 3 is 2.49 bits per heavy atom. The van der Waals surface area contributed by atoms with E-state index in [2.05, 4.69) is 4.99 Å². The van der Waals surface area contributed by atoms with Gasteiger partial charge in [0, 0.05) is 10.6 Å². The lowest BCUT2D eigenvalue weighted by Gasteiger charge is -2.25. The van der Waals surface area contributed by atoms with Crippen LogP contribution in [0.1, 0.15) is 37.9 Å². The number of esters is 1. The van der Waals surface area contributed by atoms with Gasteiger partial charge in [0.1, 0.15) is 5.75 Å². The molecule has 0 bridgehead atoms. The molecule has 0 saturated heterocycles. The number of nitrogens with zero attached hydrogens (tertiary/aromatic N) is 2. The third-order valence-electron chi connectivity index (χ3n) is 5.80. The molecule has 1 aliphatic rings. The number of carbonyl (C=O) groups excluding carboxylic acids is 1. The molecule has 8 nitrogen and oxygen atoms in total. The Hall–Kier alpha value is -3.56. The molecule has 0 N–H and O–H groups in total. The van der Waals surface area contributed by atoms with Crippen LogP contribution < -0.4 is 29.1 Å². The van der Waals surface area contributed by atoms with E-state index in [4.69, 9.17) is 30.5 Å². The molecular formula is C27H27ClN2O6S. The van der Waals surface area contributed by atoms with Crippen LogP contribution in [-0.2, 0) is 9.53 Å². The minimum absolute atomic E-state index is 0.188. The van der Waals surface area contributed by atoms with Crippen LogP contribution in [0.3, 0.4) is 0 Å². The molecule has 0 aliphatic carbocycles. The maximum atomic E-state index is 13.8. The van der Waals surface area contributed by atoms with Gasteiger partial charge in [-0.2, -0.15) is 0 Å². The van der Waals surface area contributed by atoms with Crippen molar-refractivity contribution >= 4 is 35.0 Å². The average Bonchev–Trinajstić information content (AvgIpc) is 3.18. The monoisotopic (exact) mass is 542 g/mol. The van der Waals surface area contributed by atoms with Gasteiger partial charge in [0.15, 0.2) is 16.3 Å². The zero-order chi connectivity index (χ0) is 26.7. The summed E-state index contributed by atoms with van der Waals surface area (Å²) < 4.78 is 23.9. The highest BCUT2D eigenvalue weighted by atomic mass is 35.5. The number of ether oxygens (including phenoxy) is 4. The molecule has 1 aromatic heterocycles. The lowest BCUT2D eigenvalue weighted by atomic mass is 9.95. The second-order valence-electron chi connectivity index (χ2n) is 8.03. The highest BCUT2D eigenvalue weighted by Crippen LogP contribution is 2.36. The first-order valence-electron chi connectivity index (χ1n) is 11.7. The fourth-order valence-electron chi connectivity index (χ4n) is 4.19. The second kappa shape index (κ2) is 11.2. The van der Waals surface area contributed by atoms with Crippen molar-refractivity contribution in [3.8, 4) is 17.2 Å². The minimum Gasteiger partial charge on any atom is -0.493 e. The fraction of sp³-hybridized carbons (Fsp3) is 0.296. The van der Waals surface area contributed by atoms with Crippen molar-refractivity contribution in [1.29, 1.82) is 0 Å². The van der Waals surface area contributed by atoms with Crippen molar-refractivity contribution in [3.63, 3.8) is 0 Å². The molecule has 10 heteroatoms. The Kier molecular flexibility index (Phi) is 8.04. The standard InChI is InChI=1S/C27H27ClN2O6S/c1-6-35-19-11-9-18(28)12-17(19)14-22-25(31)30-24(16-8-10-20(33-4)21(13-16)34-5)23(26(32)36-7-2)15(3)29-27(30)37-22/h8-14,24H,6-7H2,1-5H3/b22-14-/t24-/m0/s1. The number of benzene rings is 2. The van der Waals surface area contributed by atoms with Gasteiger partial charge < -0.3 is 18.9 Å². The maximum Gasteiger partial charge on any atom is 0.338 e. The molecule has 1 atom stereocenters. The predicted octanol–water partition coefficient (Wildman–Crippen LogP) is 3.87. The molecule has 0 radical (unpaired) electrons. The highest BCUT2D eigenvalue weighted by Gasteiger charge is 2.34. The van der Waals surface area contributed by atoms with Gasteiger partial charge in [-0.25, -0.2) is 9.79 Å². The topological polar surface area (TPSA) is 88.4 Å². The number of aromatic nitrogens is 1. The summed E-state index contributed by atoms with van der Waals surface area (Å²) in [4.78, 5) is 32.0. The lowest BCUT2D eigenvalue weighted by molar-refractivity contribution is -0.139.